The zero-order valence-corrected chi connectivity index (χ0v) is 8.20. The quantitative estimate of drug-likeness (QED) is 0.427. The first-order chi connectivity index (χ1) is 6.29. The average Bonchev–Trinajstić information content (AvgIpc) is 2.14. The van der Waals surface area contributed by atoms with Gasteiger partial charge in [0.1, 0.15) is 0 Å². The van der Waals surface area contributed by atoms with E-state index in [0.717, 1.165) is 12.2 Å². The summed E-state index contributed by atoms with van der Waals surface area (Å²) >= 11 is 1.74. The lowest BCUT2D eigenvalue weighted by molar-refractivity contribution is 0.404. The van der Waals surface area contributed by atoms with E-state index < -0.39 is 7.12 Å². The smallest absolute Gasteiger partial charge is 0.427 e. The first kappa shape index (κ1) is 10.6. The predicted molar refractivity (Wildman–Crippen MR) is 56.8 cm³/mol. The van der Waals surface area contributed by atoms with Gasteiger partial charge in [-0.05, 0) is 30.6 Å². The van der Waals surface area contributed by atoms with E-state index >= 15 is 0 Å². The van der Waals surface area contributed by atoms with E-state index in [4.69, 9.17) is 10.0 Å². The minimum absolute atomic E-state index is 0.458. The normalized spacial score (nSPS) is 10.0. The SMILES string of the molecule is OB(O)CCCSc1ccccc1. The Bertz CT molecular complexity index is 228. The van der Waals surface area contributed by atoms with Crippen molar-refractivity contribution < 1.29 is 10.0 Å². The van der Waals surface area contributed by atoms with Crippen LogP contribution in [0.15, 0.2) is 35.2 Å². The summed E-state index contributed by atoms with van der Waals surface area (Å²) < 4.78 is 0. The monoisotopic (exact) mass is 196 g/mol. The van der Waals surface area contributed by atoms with Gasteiger partial charge < -0.3 is 10.0 Å². The number of hydrogen-bond donors (Lipinski definition) is 2. The second-order valence-corrected chi connectivity index (χ2v) is 3.95. The Labute approximate surface area is 83.1 Å². The summed E-state index contributed by atoms with van der Waals surface area (Å²) in [5.41, 5.74) is 0. The van der Waals surface area contributed by atoms with Crippen LogP contribution in [0.2, 0.25) is 6.32 Å². The van der Waals surface area contributed by atoms with Crippen molar-refractivity contribution in [1.82, 2.24) is 0 Å². The van der Waals surface area contributed by atoms with Crippen molar-refractivity contribution in [2.75, 3.05) is 5.75 Å². The van der Waals surface area contributed by atoms with Crippen LogP contribution in [-0.2, 0) is 0 Å². The molecule has 4 heteroatoms. The molecule has 0 fully saturated rings. The lowest BCUT2D eigenvalue weighted by atomic mass is 9.85. The third-order valence-corrected chi connectivity index (χ3v) is 2.72. The lowest BCUT2D eigenvalue weighted by Gasteiger charge is -2.00. The van der Waals surface area contributed by atoms with Crippen LogP contribution >= 0.6 is 11.8 Å². The highest BCUT2D eigenvalue weighted by Crippen LogP contribution is 2.18. The minimum Gasteiger partial charge on any atom is -0.427 e. The van der Waals surface area contributed by atoms with Crippen LogP contribution in [0.25, 0.3) is 0 Å². The van der Waals surface area contributed by atoms with Crippen LogP contribution in [-0.4, -0.2) is 22.9 Å². The van der Waals surface area contributed by atoms with Gasteiger partial charge in [0.15, 0.2) is 0 Å². The summed E-state index contributed by atoms with van der Waals surface area (Å²) in [6, 6.07) is 10.1. The van der Waals surface area contributed by atoms with Gasteiger partial charge in [-0.25, -0.2) is 0 Å². The summed E-state index contributed by atoms with van der Waals surface area (Å²) in [6.07, 6.45) is 1.29. The average molecular weight is 196 g/mol. The van der Waals surface area contributed by atoms with E-state index in [9.17, 15) is 0 Å². The molecular weight excluding hydrogens is 183 g/mol. The molecule has 0 aromatic heterocycles. The molecule has 13 heavy (non-hydrogen) atoms. The summed E-state index contributed by atoms with van der Waals surface area (Å²) in [4.78, 5) is 1.23. The van der Waals surface area contributed by atoms with Gasteiger partial charge >= 0.3 is 7.12 Å². The maximum Gasteiger partial charge on any atom is 0.451 e. The molecule has 1 aromatic rings. The third kappa shape index (κ3) is 4.98. The molecule has 0 aliphatic heterocycles. The van der Waals surface area contributed by atoms with E-state index in [1.54, 1.807) is 11.8 Å². The number of rotatable bonds is 5. The minimum atomic E-state index is -1.16. The first-order valence-electron chi connectivity index (χ1n) is 4.33. The number of hydrogen-bond acceptors (Lipinski definition) is 3. The van der Waals surface area contributed by atoms with E-state index in [1.165, 1.54) is 4.90 Å². The zero-order valence-electron chi connectivity index (χ0n) is 7.39. The topological polar surface area (TPSA) is 40.5 Å². The van der Waals surface area contributed by atoms with Gasteiger partial charge in [-0.2, -0.15) is 0 Å². The van der Waals surface area contributed by atoms with Crippen LogP contribution < -0.4 is 0 Å². The van der Waals surface area contributed by atoms with Crippen LogP contribution in [0, 0.1) is 0 Å². The van der Waals surface area contributed by atoms with E-state index in [0.29, 0.717) is 6.32 Å². The summed E-state index contributed by atoms with van der Waals surface area (Å²) in [5.74, 6) is 0.932. The Balaban J connectivity index is 2.13. The number of benzene rings is 1. The van der Waals surface area contributed by atoms with Crippen LogP contribution in [0.1, 0.15) is 6.42 Å². The van der Waals surface area contributed by atoms with Crippen molar-refractivity contribution in [2.45, 2.75) is 17.6 Å². The van der Waals surface area contributed by atoms with Crippen molar-refractivity contribution in [2.24, 2.45) is 0 Å². The summed E-state index contributed by atoms with van der Waals surface area (Å²) in [5, 5.41) is 17.2. The van der Waals surface area contributed by atoms with Crippen molar-refractivity contribution in [3.05, 3.63) is 30.3 Å². The number of thioether (sulfide) groups is 1. The lowest BCUT2D eigenvalue weighted by Crippen LogP contribution is -2.09. The highest BCUT2D eigenvalue weighted by atomic mass is 32.2. The van der Waals surface area contributed by atoms with E-state index in [-0.39, 0.29) is 0 Å². The van der Waals surface area contributed by atoms with Crippen LogP contribution in [0.5, 0.6) is 0 Å². The van der Waals surface area contributed by atoms with Gasteiger partial charge in [-0.3, -0.25) is 0 Å². The maximum atomic E-state index is 8.60. The molecule has 0 aliphatic rings. The molecule has 0 saturated carbocycles. The molecule has 0 aliphatic carbocycles. The maximum absolute atomic E-state index is 8.60. The van der Waals surface area contributed by atoms with Crippen molar-refractivity contribution in [1.29, 1.82) is 0 Å². The molecule has 0 bridgehead atoms. The Kier molecular flexibility index (Phi) is 4.97. The Hall–Kier alpha value is -0.445. The molecule has 0 atom stereocenters. The Morgan fingerprint density at radius 3 is 2.46 bits per heavy atom. The standard InChI is InChI=1S/C9H13BO2S/c11-10(12)7-4-8-13-9-5-2-1-3-6-9/h1-3,5-6,11-12H,4,7-8H2. The second kappa shape index (κ2) is 6.08. The summed E-state index contributed by atoms with van der Waals surface area (Å²) in [7, 11) is -1.16. The molecule has 2 nitrogen and oxygen atoms in total. The third-order valence-electron chi connectivity index (χ3n) is 1.62. The zero-order chi connectivity index (χ0) is 9.52. The van der Waals surface area contributed by atoms with Gasteiger partial charge in [0.25, 0.3) is 0 Å². The van der Waals surface area contributed by atoms with Gasteiger partial charge in [-0.15, -0.1) is 11.8 Å². The van der Waals surface area contributed by atoms with Crippen molar-refractivity contribution in [3.8, 4) is 0 Å². The molecule has 0 unspecified atom stereocenters. The second-order valence-electron chi connectivity index (χ2n) is 2.78. The first-order valence-corrected chi connectivity index (χ1v) is 5.31. The molecule has 2 N–H and O–H groups in total. The molecule has 0 saturated heterocycles. The molecule has 1 aromatic carbocycles. The largest absolute Gasteiger partial charge is 0.451 e. The van der Waals surface area contributed by atoms with Gasteiger partial charge in [0.2, 0.25) is 0 Å². The van der Waals surface area contributed by atoms with E-state index in [2.05, 4.69) is 12.1 Å². The van der Waals surface area contributed by atoms with Gasteiger partial charge in [0, 0.05) is 4.90 Å². The fourth-order valence-electron chi connectivity index (χ4n) is 0.973. The fourth-order valence-corrected chi connectivity index (χ4v) is 1.87. The van der Waals surface area contributed by atoms with Crippen molar-refractivity contribution in [3.63, 3.8) is 0 Å². The van der Waals surface area contributed by atoms with Crippen LogP contribution in [0.4, 0.5) is 0 Å². The molecule has 1 rings (SSSR count). The summed E-state index contributed by atoms with van der Waals surface area (Å²) in [6.45, 7) is 0. The highest BCUT2D eigenvalue weighted by Gasteiger charge is 2.04. The Morgan fingerprint density at radius 1 is 1.15 bits per heavy atom. The fraction of sp³-hybridized carbons (Fsp3) is 0.333. The highest BCUT2D eigenvalue weighted by molar-refractivity contribution is 7.99. The van der Waals surface area contributed by atoms with Crippen molar-refractivity contribution >= 4 is 18.9 Å². The molecular formula is C9H13BO2S. The predicted octanol–water partition coefficient (Wildman–Crippen LogP) is 1.64. The molecule has 0 amide bonds. The van der Waals surface area contributed by atoms with Gasteiger partial charge in [-0.1, -0.05) is 18.2 Å². The Morgan fingerprint density at radius 2 is 1.85 bits per heavy atom. The van der Waals surface area contributed by atoms with Gasteiger partial charge in [0.05, 0.1) is 0 Å². The van der Waals surface area contributed by atoms with E-state index in [1.807, 2.05) is 18.2 Å². The molecule has 70 valence electrons. The van der Waals surface area contributed by atoms with Crippen LogP contribution in [0.3, 0.4) is 0 Å². The molecule has 0 radical (unpaired) electrons. The molecule has 0 heterocycles. The molecule has 0 spiro atoms.